The summed E-state index contributed by atoms with van der Waals surface area (Å²) in [5, 5.41) is 7.84. The summed E-state index contributed by atoms with van der Waals surface area (Å²) in [6.45, 7) is 0. The van der Waals surface area contributed by atoms with E-state index in [1.165, 1.54) is 101 Å². The summed E-state index contributed by atoms with van der Waals surface area (Å²) in [7, 11) is 0. The van der Waals surface area contributed by atoms with Crippen LogP contribution in [-0.4, -0.2) is 13.3 Å². The SMILES string of the molecule is c1ccc(N2c3cccc4[c]3[Ge]3([c]5ccccc5)[c]5c2cccc5N(c2ccccc2)c2[c]3c(c3ccc5cccc6ccc2c3c56)N4c2ccccc2)cc1. The molecular weight excluding hydrogens is 739 g/mol. The average molecular weight is 772 g/mol. The van der Waals surface area contributed by atoms with Gasteiger partial charge < -0.3 is 0 Å². The summed E-state index contributed by atoms with van der Waals surface area (Å²) in [4.78, 5) is 7.81. The third-order valence-corrected chi connectivity index (χ3v) is 23.0. The second-order valence-corrected chi connectivity index (χ2v) is 22.7. The van der Waals surface area contributed by atoms with E-state index in [1.54, 1.807) is 0 Å². The number of benzene rings is 10. The van der Waals surface area contributed by atoms with Gasteiger partial charge in [-0.05, 0) is 0 Å². The molecule has 260 valence electrons. The van der Waals surface area contributed by atoms with Gasteiger partial charge >= 0.3 is 329 Å². The number of hydrogen-bond acceptors (Lipinski definition) is 3. The van der Waals surface area contributed by atoms with E-state index < -0.39 is 13.3 Å². The zero-order chi connectivity index (χ0) is 36.5. The Kier molecular flexibility index (Phi) is 6.06. The van der Waals surface area contributed by atoms with Crippen molar-refractivity contribution >= 4 is 114 Å². The summed E-state index contributed by atoms with van der Waals surface area (Å²) >= 11 is -3.99. The molecule has 0 fully saturated rings. The van der Waals surface area contributed by atoms with Crippen molar-refractivity contribution < 1.29 is 0 Å². The van der Waals surface area contributed by atoms with Crippen molar-refractivity contribution in [3.63, 3.8) is 0 Å². The Morgan fingerprint density at radius 1 is 0.286 bits per heavy atom. The Hall–Kier alpha value is -6.82. The van der Waals surface area contributed by atoms with E-state index in [-0.39, 0.29) is 0 Å². The molecule has 0 aliphatic carbocycles. The van der Waals surface area contributed by atoms with Crippen LogP contribution >= 0.6 is 0 Å². The molecule has 13 rings (SSSR count). The molecule has 0 unspecified atom stereocenters. The number of hydrogen-bond donors (Lipinski definition) is 0. The van der Waals surface area contributed by atoms with Gasteiger partial charge in [-0.25, -0.2) is 0 Å². The van der Waals surface area contributed by atoms with Crippen molar-refractivity contribution in [3.05, 3.63) is 200 Å². The Balaban J connectivity index is 1.35. The normalized spacial score (nSPS) is 14.5. The molecule has 3 aliphatic rings. The Morgan fingerprint density at radius 2 is 0.679 bits per heavy atom. The van der Waals surface area contributed by atoms with Crippen molar-refractivity contribution in [2.75, 3.05) is 14.7 Å². The zero-order valence-corrected chi connectivity index (χ0v) is 32.5. The molecule has 10 aromatic carbocycles. The second kappa shape index (κ2) is 11.1. The number of anilines is 9. The molecule has 56 heavy (non-hydrogen) atoms. The summed E-state index contributed by atoms with van der Waals surface area (Å²) in [5.74, 6) is 0. The molecule has 0 amide bonds. The average Bonchev–Trinajstić information content (AvgIpc) is 3.27. The van der Waals surface area contributed by atoms with E-state index in [2.05, 4.69) is 215 Å². The molecule has 4 heteroatoms. The van der Waals surface area contributed by atoms with Crippen LogP contribution in [0.25, 0.3) is 32.3 Å². The van der Waals surface area contributed by atoms with Crippen LogP contribution in [0.5, 0.6) is 0 Å². The first-order chi connectivity index (χ1) is 27.8. The maximum absolute atomic E-state index is 3.99. The third-order valence-electron chi connectivity index (χ3n) is 12.6. The van der Waals surface area contributed by atoms with E-state index in [1.807, 2.05) is 0 Å². The van der Waals surface area contributed by atoms with Crippen LogP contribution in [0.3, 0.4) is 0 Å². The Bertz CT molecular complexity index is 3030. The van der Waals surface area contributed by atoms with Crippen LogP contribution in [0.4, 0.5) is 51.2 Å². The molecule has 0 spiro atoms. The number of para-hydroxylation sites is 3. The number of rotatable bonds is 4. The Labute approximate surface area is 327 Å². The zero-order valence-electron chi connectivity index (χ0n) is 30.4. The quantitative estimate of drug-likeness (QED) is 0.130. The maximum atomic E-state index is 2.63. The van der Waals surface area contributed by atoms with Crippen molar-refractivity contribution in [2.45, 2.75) is 0 Å². The molecule has 3 heterocycles. The fourth-order valence-corrected chi connectivity index (χ4v) is 22.9. The molecule has 0 atom stereocenters. The molecule has 0 aromatic heterocycles. The van der Waals surface area contributed by atoms with E-state index in [9.17, 15) is 0 Å². The van der Waals surface area contributed by atoms with Gasteiger partial charge in [0.05, 0.1) is 0 Å². The standard InChI is InChI=1S/C52H33GeN3/c1-5-18-36(19-6-1)53-48-42-26-14-28-44(48)55(38-22-9-3-10-23-38)51-40-32-30-34-16-13-17-35-31-33-41(47(40)46(34)35)52(50(51)53)56(39-24-11-4-12-25-39)45-29-15-27-43(49(45)53)54(42)37-20-7-2-8-21-37/h1-33H. The molecule has 0 N–H and O–H groups in total. The fraction of sp³-hybridized carbons (Fsp3) is 0. The van der Waals surface area contributed by atoms with Crippen molar-refractivity contribution in [1.29, 1.82) is 0 Å². The van der Waals surface area contributed by atoms with Crippen molar-refractivity contribution in [2.24, 2.45) is 0 Å². The van der Waals surface area contributed by atoms with E-state index >= 15 is 0 Å². The molecule has 0 radical (unpaired) electrons. The third kappa shape index (κ3) is 3.69. The van der Waals surface area contributed by atoms with Gasteiger partial charge in [0.15, 0.2) is 0 Å². The topological polar surface area (TPSA) is 9.72 Å². The van der Waals surface area contributed by atoms with Crippen LogP contribution in [0.15, 0.2) is 200 Å². The minimum atomic E-state index is -3.99. The van der Waals surface area contributed by atoms with Gasteiger partial charge in [0.25, 0.3) is 0 Å². The summed E-state index contributed by atoms with van der Waals surface area (Å²) in [6, 6.07) is 75.3. The van der Waals surface area contributed by atoms with Gasteiger partial charge in [-0.2, -0.15) is 0 Å². The van der Waals surface area contributed by atoms with E-state index in [0.29, 0.717) is 0 Å². The Morgan fingerprint density at radius 3 is 1.14 bits per heavy atom. The fourth-order valence-electron chi connectivity index (χ4n) is 10.7. The summed E-state index contributed by atoms with van der Waals surface area (Å²) < 4.78 is 5.93. The molecule has 10 aromatic rings. The molecule has 3 nitrogen and oxygen atoms in total. The van der Waals surface area contributed by atoms with Crippen LogP contribution in [0, 0.1) is 0 Å². The van der Waals surface area contributed by atoms with E-state index in [0.717, 1.165) is 0 Å². The van der Waals surface area contributed by atoms with Gasteiger partial charge in [-0.1, -0.05) is 0 Å². The first-order valence-electron chi connectivity index (χ1n) is 19.5. The van der Waals surface area contributed by atoms with Gasteiger partial charge in [0.1, 0.15) is 0 Å². The molecule has 0 saturated heterocycles. The van der Waals surface area contributed by atoms with Crippen molar-refractivity contribution in [1.82, 2.24) is 0 Å². The van der Waals surface area contributed by atoms with Crippen LogP contribution in [0.2, 0.25) is 0 Å². The number of nitrogens with zero attached hydrogens (tertiary/aromatic N) is 3. The molecular formula is C52H33GeN3. The monoisotopic (exact) mass is 773 g/mol. The van der Waals surface area contributed by atoms with E-state index in [4.69, 9.17) is 0 Å². The number of fused-ring (bicyclic) bond motifs is 2. The van der Waals surface area contributed by atoms with Crippen molar-refractivity contribution in [3.8, 4) is 0 Å². The predicted molar refractivity (Wildman–Crippen MR) is 238 cm³/mol. The van der Waals surface area contributed by atoms with Gasteiger partial charge in [-0.15, -0.1) is 0 Å². The molecule has 0 saturated carbocycles. The first kappa shape index (κ1) is 30.5. The second-order valence-electron chi connectivity index (χ2n) is 15.2. The van der Waals surface area contributed by atoms with Crippen LogP contribution in [-0.2, 0) is 0 Å². The van der Waals surface area contributed by atoms with Crippen LogP contribution in [0.1, 0.15) is 0 Å². The van der Waals surface area contributed by atoms with Gasteiger partial charge in [-0.3, -0.25) is 0 Å². The van der Waals surface area contributed by atoms with Gasteiger partial charge in [0, 0.05) is 0 Å². The molecule has 3 aliphatic heterocycles. The molecule has 0 bridgehead atoms. The summed E-state index contributed by atoms with van der Waals surface area (Å²) in [5.41, 5.74) is 11.3. The van der Waals surface area contributed by atoms with Crippen LogP contribution < -0.4 is 32.3 Å². The van der Waals surface area contributed by atoms with Gasteiger partial charge in [0.2, 0.25) is 0 Å². The predicted octanol–water partition coefficient (Wildman–Crippen LogP) is 11.3. The summed E-state index contributed by atoms with van der Waals surface area (Å²) in [6.07, 6.45) is 0. The minimum absolute atomic E-state index is 1.17. The first-order valence-corrected chi connectivity index (χ1v) is 23.7.